The van der Waals surface area contributed by atoms with Gasteiger partial charge in [-0.3, -0.25) is 9.59 Å². The van der Waals surface area contributed by atoms with E-state index in [2.05, 4.69) is 15.8 Å². The monoisotopic (exact) mass is 493 g/mol. The van der Waals surface area contributed by atoms with Crippen LogP contribution in [0.4, 0.5) is 5.69 Å². The molecule has 0 aliphatic carbocycles. The standard InChI is InChI=1S/C27H28ClN3O4/c1-4-34-25-14-20(10-12-24(25)35-17-21-7-5-6-8-23(21)28)16-29-31-27(33)15-26(32)30-22-11-9-18(2)19(3)13-22/h5-14,16H,4,15,17H2,1-3H3,(H,30,32)(H,31,33). The van der Waals surface area contributed by atoms with Crippen LogP contribution in [0.5, 0.6) is 11.5 Å². The van der Waals surface area contributed by atoms with Crippen LogP contribution >= 0.6 is 11.6 Å². The van der Waals surface area contributed by atoms with E-state index in [1.54, 1.807) is 24.3 Å². The molecule has 3 aromatic rings. The second-order valence-electron chi connectivity index (χ2n) is 7.84. The van der Waals surface area contributed by atoms with Crippen LogP contribution in [-0.2, 0) is 16.2 Å². The van der Waals surface area contributed by atoms with Crippen molar-refractivity contribution in [2.24, 2.45) is 5.10 Å². The molecule has 0 saturated heterocycles. The van der Waals surface area contributed by atoms with Crippen molar-refractivity contribution < 1.29 is 19.1 Å². The number of amides is 2. The number of ether oxygens (including phenoxy) is 2. The lowest BCUT2D eigenvalue weighted by molar-refractivity contribution is -0.126. The summed E-state index contributed by atoms with van der Waals surface area (Å²) in [4.78, 5) is 24.2. The summed E-state index contributed by atoms with van der Waals surface area (Å²) in [6.07, 6.45) is 1.13. The molecule has 35 heavy (non-hydrogen) atoms. The number of nitrogens with one attached hydrogen (secondary N) is 2. The van der Waals surface area contributed by atoms with Gasteiger partial charge in [-0.25, -0.2) is 5.43 Å². The first-order valence-electron chi connectivity index (χ1n) is 11.2. The van der Waals surface area contributed by atoms with Gasteiger partial charge in [0.15, 0.2) is 11.5 Å². The SMILES string of the molecule is CCOc1cc(C=NNC(=O)CC(=O)Nc2ccc(C)c(C)c2)ccc1OCc1ccccc1Cl. The number of carbonyl (C=O) groups excluding carboxylic acids is 2. The molecule has 3 rings (SSSR count). The first kappa shape index (κ1) is 25.8. The summed E-state index contributed by atoms with van der Waals surface area (Å²) in [6.45, 7) is 6.58. The number of hydrogen-bond donors (Lipinski definition) is 2. The Bertz CT molecular complexity index is 1230. The molecule has 0 radical (unpaired) electrons. The van der Waals surface area contributed by atoms with Crippen molar-refractivity contribution in [2.75, 3.05) is 11.9 Å². The molecule has 7 nitrogen and oxygen atoms in total. The Labute approximate surface area is 210 Å². The van der Waals surface area contributed by atoms with Crippen molar-refractivity contribution in [3.8, 4) is 11.5 Å². The second-order valence-corrected chi connectivity index (χ2v) is 8.24. The number of halogens is 1. The number of hydrogen-bond acceptors (Lipinski definition) is 5. The average molecular weight is 494 g/mol. The molecular weight excluding hydrogens is 466 g/mol. The van der Waals surface area contributed by atoms with E-state index in [1.807, 2.05) is 57.2 Å². The van der Waals surface area contributed by atoms with Crippen molar-refractivity contribution in [3.63, 3.8) is 0 Å². The quantitative estimate of drug-likeness (QED) is 0.224. The number of carbonyl (C=O) groups is 2. The Kier molecular flexibility index (Phi) is 9.26. The predicted molar refractivity (Wildman–Crippen MR) is 138 cm³/mol. The summed E-state index contributed by atoms with van der Waals surface area (Å²) in [7, 11) is 0. The summed E-state index contributed by atoms with van der Waals surface area (Å²) in [5, 5.41) is 7.29. The Morgan fingerprint density at radius 1 is 0.943 bits per heavy atom. The van der Waals surface area contributed by atoms with Crippen molar-refractivity contribution >= 4 is 35.3 Å². The third-order valence-electron chi connectivity index (χ3n) is 5.12. The van der Waals surface area contributed by atoms with Gasteiger partial charge in [0.05, 0.1) is 12.8 Å². The van der Waals surface area contributed by atoms with E-state index in [-0.39, 0.29) is 6.42 Å². The normalized spacial score (nSPS) is 10.7. The number of aryl methyl sites for hydroxylation is 2. The smallest absolute Gasteiger partial charge is 0.249 e. The Morgan fingerprint density at radius 2 is 1.74 bits per heavy atom. The molecule has 0 unspecified atom stereocenters. The lowest BCUT2D eigenvalue weighted by Crippen LogP contribution is -2.24. The molecule has 8 heteroatoms. The van der Waals surface area contributed by atoms with Gasteiger partial charge in [0, 0.05) is 16.3 Å². The van der Waals surface area contributed by atoms with E-state index in [0.717, 1.165) is 16.7 Å². The Hall–Kier alpha value is -3.84. The number of hydrazone groups is 1. The number of anilines is 1. The van der Waals surface area contributed by atoms with E-state index < -0.39 is 11.8 Å². The molecule has 2 N–H and O–H groups in total. The first-order valence-corrected chi connectivity index (χ1v) is 11.6. The molecule has 182 valence electrons. The van der Waals surface area contributed by atoms with Crippen LogP contribution in [0.25, 0.3) is 0 Å². The van der Waals surface area contributed by atoms with Gasteiger partial charge in [0.25, 0.3) is 0 Å². The summed E-state index contributed by atoms with van der Waals surface area (Å²) in [5.74, 6) is 0.172. The zero-order valence-electron chi connectivity index (χ0n) is 19.9. The maximum atomic E-state index is 12.1. The summed E-state index contributed by atoms with van der Waals surface area (Å²) in [5.41, 5.74) is 6.76. The predicted octanol–water partition coefficient (Wildman–Crippen LogP) is 5.41. The molecule has 0 saturated carbocycles. The number of nitrogens with zero attached hydrogens (tertiary/aromatic N) is 1. The largest absolute Gasteiger partial charge is 0.490 e. The van der Waals surface area contributed by atoms with Crippen LogP contribution in [0.2, 0.25) is 5.02 Å². The van der Waals surface area contributed by atoms with Gasteiger partial charge in [-0.1, -0.05) is 35.9 Å². The van der Waals surface area contributed by atoms with Crippen LogP contribution in [0.3, 0.4) is 0 Å². The van der Waals surface area contributed by atoms with Crippen LogP contribution in [-0.4, -0.2) is 24.6 Å². The molecule has 2 amide bonds. The average Bonchev–Trinajstić information content (AvgIpc) is 2.82. The molecule has 0 aliphatic heterocycles. The Balaban J connectivity index is 1.55. The van der Waals surface area contributed by atoms with Crippen LogP contribution in [0, 0.1) is 13.8 Å². The van der Waals surface area contributed by atoms with E-state index in [4.69, 9.17) is 21.1 Å². The zero-order chi connectivity index (χ0) is 25.2. The molecule has 0 aromatic heterocycles. The van der Waals surface area contributed by atoms with Gasteiger partial charge in [-0.15, -0.1) is 0 Å². The highest BCUT2D eigenvalue weighted by Gasteiger charge is 2.10. The maximum absolute atomic E-state index is 12.1. The highest BCUT2D eigenvalue weighted by molar-refractivity contribution is 6.31. The molecule has 0 heterocycles. The Morgan fingerprint density at radius 3 is 2.49 bits per heavy atom. The van der Waals surface area contributed by atoms with Crippen molar-refractivity contribution in [1.82, 2.24) is 5.43 Å². The van der Waals surface area contributed by atoms with E-state index >= 15 is 0 Å². The van der Waals surface area contributed by atoms with E-state index in [9.17, 15) is 9.59 Å². The fourth-order valence-electron chi connectivity index (χ4n) is 3.15. The number of benzene rings is 3. The van der Waals surface area contributed by atoms with Gasteiger partial charge in [0.2, 0.25) is 11.8 Å². The summed E-state index contributed by atoms with van der Waals surface area (Å²) < 4.78 is 11.6. The first-order chi connectivity index (χ1) is 16.9. The summed E-state index contributed by atoms with van der Waals surface area (Å²) >= 11 is 6.19. The van der Waals surface area contributed by atoms with E-state index in [0.29, 0.717) is 41.0 Å². The lowest BCUT2D eigenvalue weighted by atomic mass is 10.1. The van der Waals surface area contributed by atoms with Crippen LogP contribution in [0.15, 0.2) is 65.8 Å². The molecule has 0 aliphatic rings. The van der Waals surface area contributed by atoms with Crippen LogP contribution in [0.1, 0.15) is 35.6 Å². The highest BCUT2D eigenvalue weighted by Crippen LogP contribution is 2.29. The molecule has 0 bridgehead atoms. The van der Waals surface area contributed by atoms with Crippen LogP contribution < -0.4 is 20.2 Å². The molecular formula is C27H28ClN3O4. The molecule has 0 atom stereocenters. The minimum Gasteiger partial charge on any atom is -0.490 e. The van der Waals surface area contributed by atoms with Crippen molar-refractivity contribution in [2.45, 2.75) is 33.8 Å². The fraction of sp³-hybridized carbons (Fsp3) is 0.222. The molecule has 0 fully saturated rings. The van der Waals surface area contributed by atoms with Gasteiger partial charge < -0.3 is 14.8 Å². The minimum absolute atomic E-state index is 0.299. The molecule has 0 spiro atoms. The minimum atomic E-state index is -0.521. The lowest BCUT2D eigenvalue weighted by Gasteiger charge is -2.13. The second kappa shape index (κ2) is 12.6. The van der Waals surface area contributed by atoms with Crippen molar-refractivity contribution in [3.05, 3.63) is 87.9 Å². The van der Waals surface area contributed by atoms with Gasteiger partial charge in [-0.2, -0.15) is 5.10 Å². The number of rotatable bonds is 10. The topological polar surface area (TPSA) is 89.0 Å². The van der Waals surface area contributed by atoms with Gasteiger partial charge >= 0.3 is 0 Å². The third kappa shape index (κ3) is 7.86. The highest BCUT2D eigenvalue weighted by atomic mass is 35.5. The fourth-order valence-corrected chi connectivity index (χ4v) is 3.34. The molecule has 3 aromatic carbocycles. The maximum Gasteiger partial charge on any atom is 0.249 e. The third-order valence-corrected chi connectivity index (χ3v) is 5.49. The summed E-state index contributed by atoms with van der Waals surface area (Å²) in [6, 6.07) is 18.4. The van der Waals surface area contributed by atoms with E-state index in [1.165, 1.54) is 6.21 Å². The van der Waals surface area contributed by atoms with Crippen molar-refractivity contribution in [1.29, 1.82) is 0 Å². The van der Waals surface area contributed by atoms with Gasteiger partial charge in [-0.05, 0) is 73.9 Å². The van der Waals surface area contributed by atoms with Gasteiger partial charge in [0.1, 0.15) is 13.0 Å². The zero-order valence-corrected chi connectivity index (χ0v) is 20.7.